The topological polar surface area (TPSA) is 111 Å². The van der Waals surface area contributed by atoms with E-state index in [0.29, 0.717) is 6.07 Å². The number of carbonyl (C=O) groups is 1. The third kappa shape index (κ3) is 5.79. The lowest BCUT2D eigenvalue weighted by atomic mass is 10.2. The summed E-state index contributed by atoms with van der Waals surface area (Å²) in [4.78, 5) is 11.9. The lowest BCUT2D eigenvalue weighted by Crippen LogP contribution is -2.21. The van der Waals surface area contributed by atoms with Gasteiger partial charge in [0.05, 0.1) is 10.6 Å². The summed E-state index contributed by atoms with van der Waals surface area (Å²) in [6.07, 6.45) is -4.68. The van der Waals surface area contributed by atoms with Crippen LogP contribution < -0.4 is 20.0 Å². The second-order valence-corrected chi connectivity index (χ2v) is 6.43. The SMILES string of the molecule is NS(=O)(=O)Oc1cccc(NC(=O)Nc2ccc(Cl)c(C(F)(F)F)c2)c1. The number of nitrogens with two attached hydrogens (primary N) is 1. The number of carbonyl (C=O) groups excluding carboxylic acids is 1. The second-order valence-electron chi connectivity index (χ2n) is 4.88. The standard InChI is InChI=1S/C14H11ClF3N3O4S/c15-12-5-4-9(7-11(12)14(16,17)18)21-13(22)20-8-2-1-3-10(6-8)25-26(19,23)24/h1-7H,(H2,19,23,24)(H2,20,21,22). The van der Waals surface area contributed by atoms with Gasteiger partial charge in [-0.25, -0.2) is 4.79 Å². The molecule has 0 bridgehead atoms. The van der Waals surface area contributed by atoms with E-state index in [-0.39, 0.29) is 17.1 Å². The largest absolute Gasteiger partial charge is 0.417 e. The van der Waals surface area contributed by atoms with Gasteiger partial charge in [-0.1, -0.05) is 17.7 Å². The Hall–Kier alpha value is -2.50. The number of hydrogen-bond acceptors (Lipinski definition) is 4. The Morgan fingerprint density at radius 3 is 2.27 bits per heavy atom. The summed E-state index contributed by atoms with van der Waals surface area (Å²) in [5.41, 5.74) is -1.12. The van der Waals surface area contributed by atoms with Crippen LogP contribution in [-0.2, 0) is 16.5 Å². The van der Waals surface area contributed by atoms with Crippen molar-refractivity contribution in [1.82, 2.24) is 0 Å². The molecule has 0 spiro atoms. The van der Waals surface area contributed by atoms with Gasteiger partial charge in [0.1, 0.15) is 5.75 Å². The van der Waals surface area contributed by atoms with Crippen molar-refractivity contribution in [2.24, 2.45) is 5.14 Å². The van der Waals surface area contributed by atoms with E-state index >= 15 is 0 Å². The first kappa shape index (κ1) is 19.8. The molecule has 0 unspecified atom stereocenters. The lowest BCUT2D eigenvalue weighted by Gasteiger charge is -2.12. The van der Waals surface area contributed by atoms with Gasteiger partial charge < -0.3 is 14.8 Å². The van der Waals surface area contributed by atoms with Crippen LogP contribution in [0.4, 0.5) is 29.3 Å². The van der Waals surface area contributed by atoms with Crippen LogP contribution in [-0.4, -0.2) is 14.4 Å². The predicted octanol–water partition coefficient (Wildman–Crippen LogP) is 3.59. The molecule has 26 heavy (non-hydrogen) atoms. The highest BCUT2D eigenvalue weighted by atomic mass is 35.5. The highest BCUT2D eigenvalue weighted by molar-refractivity contribution is 7.84. The van der Waals surface area contributed by atoms with Crippen LogP contribution in [0.25, 0.3) is 0 Å². The number of nitrogens with one attached hydrogen (secondary N) is 2. The molecule has 2 aromatic carbocycles. The summed E-state index contributed by atoms with van der Waals surface area (Å²) in [7, 11) is -4.24. The summed E-state index contributed by atoms with van der Waals surface area (Å²) >= 11 is 5.50. The van der Waals surface area contributed by atoms with Crippen molar-refractivity contribution in [2.45, 2.75) is 6.18 Å². The maximum Gasteiger partial charge on any atom is 0.417 e. The molecule has 2 amide bonds. The number of alkyl halides is 3. The van der Waals surface area contributed by atoms with Crippen molar-refractivity contribution in [3.05, 3.63) is 53.1 Å². The first-order chi connectivity index (χ1) is 11.9. The van der Waals surface area contributed by atoms with Crippen molar-refractivity contribution in [3.8, 4) is 5.75 Å². The van der Waals surface area contributed by atoms with Crippen molar-refractivity contribution in [1.29, 1.82) is 0 Å². The molecular formula is C14H11ClF3N3O4S. The number of urea groups is 1. The number of amides is 2. The summed E-state index contributed by atoms with van der Waals surface area (Å²) in [5.74, 6) is -0.156. The zero-order valence-electron chi connectivity index (χ0n) is 12.7. The van der Waals surface area contributed by atoms with Gasteiger partial charge in [-0.2, -0.15) is 26.7 Å². The van der Waals surface area contributed by atoms with E-state index in [9.17, 15) is 26.4 Å². The van der Waals surface area contributed by atoms with Gasteiger partial charge in [0, 0.05) is 17.4 Å². The first-order valence-corrected chi connectivity index (χ1v) is 8.56. The summed E-state index contributed by atoms with van der Waals surface area (Å²) < 4.78 is 64.6. The van der Waals surface area contributed by atoms with Crippen molar-refractivity contribution < 1.29 is 30.6 Å². The molecule has 4 N–H and O–H groups in total. The Morgan fingerprint density at radius 2 is 1.69 bits per heavy atom. The molecule has 140 valence electrons. The number of halogens is 4. The Bertz CT molecular complexity index is 935. The zero-order valence-corrected chi connectivity index (χ0v) is 14.2. The maximum absolute atomic E-state index is 12.8. The average molecular weight is 410 g/mol. The summed E-state index contributed by atoms with van der Waals surface area (Å²) in [6, 6.07) is 7.22. The van der Waals surface area contributed by atoms with E-state index in [1.54, 1.807) is 0 Å². The van der Waals surface area contributed by atoms with Crippen LogP contribution in [0.2, 0.25) is 5.02 Å². The van der Waals surface area contributed by atoms with Gasteiger partial charge >= 0.3 is 22.5 Å². The highest BCUT2D eigenvalue weighted by Gasteiger charge is 2.33. The number of anilines is 2. The predicted molar refractivity (Wildman–Crippen MR) is 89.3 cm³/mol. The molecule has 0 radical (unpaired) electrons. The third-order valence-corrected chi connectivity index (χ3v) is 3.59. The van der Waals surface area contributed by atoms with Crippen LogP contribution in [0.15, 0.2) is 42.5 Å². The van der Waals surface area contributed by atoms with Gasteiger partial charge in [0.15, 0.2) is 0 Å². The molecule has 0 aliphatic heterocycles. The number of benzene rings is 2. The molecule has 2 rings (SSSR count). The number of rotatable bonds is 4. The molecule has 0 saturated heterocycles. The van der Waals surface area contributed by atoms with Gasteiger partial charge in [-0.3, -0.25) is 0 Å². The Labute approximate surface area is 151 Å². The summed E-state index contributed by atoms with van der Waals surface area (Å²) in [5, 5.41) is 8.74. The summed E-state index contributed by atoms with van der Waals surface area (Å²) in [6.45, 7) is 0. The van der Waals surface area contributed by atoms with Gasteiger partial charge in [0.25, 0.3) is 0 Å². The van der Waals surface area contributed by atoms with Crippen LogP contribution in [0.3, 0.4) is 0 Å². The molecule has 0 aliphatic rings. The molecule has 0 fully saturated rings. The van der Waals surface area contributed by atoms with Crippen molar-refractivity contribution in [3.63, 3.8) is 0 Å². The van der Waals surface area contributed by atoms with E-state index in [1.165, 1.54) is 24.3 Å². The fourth-order valence-electron chi connectivity index (χ4n) is 1.87. The van der Waals surface area contributed by atoms with Crippen LogP contribution in [0.5, 0.6) is 5.75 Å². The first-order valence-electron chi connectivity index (χ1n) is 6.71. The van der Waals surface area contributed by atoms with Crippen LogP contribution in [0.1, 0.15) is 5.56 Å². The van der Waals surface area contributed by atoms with Crippen molar-refractivity contribution in [2.75, 3.05) is 10.6 Å². The van der Waals surface area contributed by atoms with Crippen LogP contribution in [0, 0.1) is 0 Å². The van der Waals surface area contributed by atoms with Gasteiger partial charge in [-0.05, 0) is 30.3 Å². The maximum atomic E-state index is 12.8. The fraction of sp³-hybridized carbons (Fsp3) is 0.0714. The van der Waals surface area contributed by atoms with E-state index in [4.69, 9.17) is 16.7 Å². The monoisotopic (exact) mass is 409 g/mol. The minimum absolute atomic E-state index is 0.119. The van der Waals surface area contributed by atoms with E-state index in [2.05, 4.69) is 14.8 Å². The molecular weight excluding hydrogens is 399 g/mol. The lowest BCUT2D eigenvalue weighted by molar-refractivity contribution is -0.137. The zero-order chi connectivity index (χ0) is 19.5. The van der Waals surface area contributed by atoms with Gasteiger partial charge in [-0.15, -0.1) is 0 Å². The molecule has 0 saturated carbocycles. The molecule has 7 nitrogen and oxygen atoms in total. The molecule has 0 aliphatic carbocycles. The quantitative estimate of drug-likeness (QED) is 0.716. The average Bonchev–Trinajstić information content (AvgIpc) is 2.46. The fourth-order valence-corrected chi connectivity index (χ4v) is 2.47. The number of hydrogen-bond donors (Lipinski definition) is 3. The molecule has 0 atom stereocenters. The Morgan fingerprint density at radius 1 is 1.08 bits per heavy atom. The molecule has 0 aromatic heterocycles. The van der Waals surface area contributed by atoms with Crippen molar-refractivity contribution >= 4 is 39.3 Å². The minimum Gasteiger partial charge on any atom is -0.371 e. The Kier molecular flexibility index (Phi) is 5.64. The molecule has 12 heteroatoms. The van der Waals surface area contributed by atoms with Crippen LogP contribution >= 0.6 is 11.6 Å². The smallest absolute Gasteiger partial charge is 0.371 e. The third-order valence-electron chi connectivity index (χ3n) is 2.83. The van der Waals surface area contributed by atoms with E-state index < -0.39 is 33.1 Å². The normalized spacial score (nSPS) is 11.7. The van der Waals surface area contributed by atoms with Gasteiger partial charge in [0.2, 0.25) is 0 Å². The minimum atomic E-state index is -4.68. The molecule has 2 aromatic rings. The second kappa shape index (κ2) is 7.40. The molecule has 0 heterocycles. The Balaban J connectivity index is 2.11. The van der Waals surface area contributed by atoms with E-state index in [1.807, 2.05) is 0 Å². The highest BCUT2D eigenvalue weighted by Crippen LogP contribution is 2.36. The van der Waals surface area contributed by atoms with E-state index in [0.717, 1.165) is 12.1 Å².